The van der Waals surface area contributed by atoms with Gasteiger partial charge in [-0.2, -0.15) is 0 Å². The predicted molar refractivity (Wildman–Crippen MR) is 93.7 cm³/mol. The summed E-state index contributed by atoms with van der Waals surface area (Å²) in [6, 6.07) is 9.65. The van der Waals surface area contributed by atoms with Crippen molar-refractivity contribution in [2.45, 2.75) is 11.8 Å². The molecule has 0 heterocycles. The van der Waals surface area contributed by atoms with Gasteiger partial charge >= 0.3 is 0 Å². The molecule has 0 bridgehead atoms. The topological polar surface area (TPSA) is 55.4 Å². The Morgan fingerprint density at radius 2 is 1.70 bits per heavy atom. The minimum Gasteiger partial charge on any atom is -0.492 e. The van der Waals surface area contributed by atoms with Gasteiger partial charge in [-0.1, -0.05) is 17.7 Å². The molecule has 0 saturated carbocycles. The van der Waals surface area contributed by atoms with E-state index in [0.29, 0.717) is 5.75 Å². The first-order valence-electron chi connectivity index (χ1n) is 6.63. The molecule has 0 fully saturated rings. The second-order valence-electron chi connectivity index (χ2n) is 4.76. The number of aryl methyl sites for hydroxylation is 1. The van der Waals surface area contributed by atoms with Crippen molar-refractivity contribution in [1.82, 2.24) is 4.72 Å². The fourth-order valence-corrected chi connectivity index (χ4v) is 5.37. The molecule has 0 amide bonds. The molecule has 0 spiro atoms. The normalized spacial score (nSPS) is 11.5. The number of hydrogen-bond donors (Lipinski definition) is 1. The van der Waals surface area contributed by atoms with Crippen molar-refractivity contribution in [3.8, 4) is 5.75 Å². The van der Waals surface area contributed by atoms with Gasteiger partial charge < -0.3 is 4.74 Å². The van der Waals surface area contributed by atoms with Crippen LogP contribution in [-0.2, 0) is 10.0 Å². The minimum atomic E-state index is -3.79. The maximum absolute atomic E-state index is 13.2. The van der Waals surface area contributed by atoms with Gasteiger partial charge in [-0.25, -0.2) is 17.5 Å². The summed E-state index contributed by atoms with van der Waals surface area (Å²) in [6.45, 7) is 2.24. The summed E-state index contributed by atoms with van der Waals surface area (Å²) in [4.78, 5) is -0.0470. The molecule has 0 unspecified atom stereocenters. The fraction of sp³-hybridized carbons (Fsp3) is 0.200. The fourth-order valence-electron chi connectivity index (χ4n) is 1.84. The Balaban J connectivity index is 1.98. The lowest BCUT2D eigenvalue weighted by atomic mass is 10.2. The smallest absolute Gasteiger partial charge is 0.242 e. The lowest BCUT2D eigenvalue weighted by Crippen LogP contribution is -2.28. The first-order chi connectivity index (χ1) is 10.8. The maximum atomic E-state index is 13.2. The number of sulfonamides is 1. The summed E-state index contributed by atoms with van der Waals surface area (Å²) in [5.74, 6) is 0.129. The molecular formula is C15H14Br2FNO3S. The Hall–Kier alpha value is -0.960. The van der Waals surface area contributed by atoms with E-state index in [1.54, 1.807) is 0 Å². The van der Waals surface area contributed by atoms with E-state index in [1.165, 1.54) is 0 Å². The van der Waals surface area contributed by atoms with Gasteiger partial charge in [0.1, 0.15) is 23.1 Å². The Morgan fingerprint density at radius 1 is 1.13 bits per heavy atom. The average Bonchev–Trinajstić information content (AvgIpc) is 2.44. The van der Waals surface area contributed by atoms with Crippen molar-refractivity contribution in [2.75, 3.05) is 13.2 Å². The molecule has 0 aromatic heterocycles. The molecule has 2 aromatic rings. The lowest BCUT2D eigenvalue weighted by Gasteiger charge is -2.11. The lowest BCUT2D eigenvalue weighted by molar-refractivity contribution is 0.323. The third-order valence-corrected chi connectivity index (χ3v) is 6.25. The zero-order valence-electron chi connectivity index (χ0n) is 12.1. The Labute approximate surface area is 151 Å². The molecule has 0 aliphatic rings. The number of benzene rings is 2. The van der Waals surface area contributed by atoms with Gasteiger partial charge in [-0.15, -0.1) is 0 Å². The molecule has 124 valence electrons. The molecule has 4 nitrogen and oxygen atoms in total. The number of rotatable bonds is 6. The highest BCUT2D eigenvalue weighted by molar-refractivity contribution is 9.11. The van der Waals surface area contributed by atoms with Crippen LogP contribution in [-0.4, -0.2) is 21.6 Å². The van der Waals surface area contributed by atoms with Crippen molar-refractivity contribution in [3.05, 3.63) is 56.7 Å². The van der Waals surface area contributed by atoms with Crippen LogP contribution in [0.15, 0.2) is 50.2 Å². The number of nitrogens with one attached hydrogen (secondary N) is 1. The van der Waals surface area contributed by atoms with Gasteiger partial charge in [0.05, 0.1) is 0 Å². The van der Waals surface area contributed by atoms with E-state index < -0.39 is 15.8 Å². The van der Waals surface area contributed by atoms with Gasteiger partial charge in [-0.05, 0) is 63.0 Å². The zero-order valence-corrected chi connectivity index (χ0v) is 16.1. The molecule has 8 heteroatoms. The van der Waals surface area contributed by atoms with Crippen LogP contribution in [0.2, 0.25) is 0 Å². The van der Waals surface area contributed by atoms with Crippen LogP contribution in [0.25, 0.3) is 0 Å². The van der Waals surface area contributed by atoms with Gasteiger partial charge in [0.15, 0.2) is 0 Å². The molecule has 0 saturated heterocycles. The van der Waals surface area contributed by atoms with Gasteiger partial charge in [0.25, 0.3) is 0 Å². The highest BCUT2D eigenvalue weighted by atomic mass is 79.9. The molecule has 2 rings (SSSR count). The summed E-state index contributed by atoms with van der Waals surface area (Å²) in [7, 11) is -3.79. The number of ether oxygens (including phenoxy) is 1. The van der Waals surface area contributed by atoms with E-state index in [9.17, 15) is 12.8 Å². The summed E-state index contributed by atoms with van der Waals surface area (Å²) < 4.78 is 46.0. The van der Waals surface area contributed by atoms with E-state index >= 15 is 0 Å². The molecule has 0 radical (unpaired) electrons. The Bertz CT molecular complexity index is 772. The average molecular weight is 467 g/mol. The van der Waals surface area contributed by atoms with Crippen LogP contribution < -0.4 is 9.46 Å². The van der Waals surface area contributed by atoms with Crippen molar-refractivity contribution < 1.29 is 17.5 Å². The molecule has 1 N–H and O–H groups in total. The summed E-state index contributed by atoms with van der Waals surface area (Å²) in [5, 5.41) is 0. The monoisotopic (exact) mass is 465 g/mol. The second kappa shape index (κ2) is 7.74. The van der Waals surface area contributed by atoms with Crippen LogP contribution in [0.5, 0.6) is 5.75 Å². The number of hydrogen-bond acceptors (Lipinski definition) is 3. The Morgan fingerprint density at radius 3 is 2.26 bits per heavy atom. The standard InChI is InChI=1S/C15H14Br2FNO3S/c1-10-2-4-12(5-3-10)22-7-6-19-23(20,21)15-13(16)8-11(18)9-14(15)17/h2-5,8-9,19H,6-7H2,1H3. The van der Waals surface area contributed by atoms with Crippen LogP contribution in [0.3, 0.4) is 0 Å². The molecule has 2 aromatic carbocycles. The quantitative estimate of drug-likeness (QED) is 0.654. The predicted octanol–water partition coefficient (Wildman–Crippen LogP) is 4.02. The van der Waals surface area contributed by atoms with Gasteiger partial charge in [-0.3, -0.25) is 0 Å². The molecular weight excluding hydrogens is 453 g/mol. The van der Waals surface area contributed by atoms with Crippen LogP contribution >= 0.6 is 31.9 Å². The third-order valence-electron chi connectivity index (χ3n) is 2.92. The van der Waals surface area contributed by atoms with Crippen LogP contribution in [0.1, 0.15) is 5.56 Å². The first kappa shape index (κ1) is 18.4. The largest absolute Gasteiger partial charge is 0.492 e. The van der Waals surface area contributed by atoms with Gasteiger partial charge in [0, 0.05) is 15.5 Å². The highest BCUT2D eigenvalue weighted by Gasteiger charge is 2.21. The first-order valence-corrected chi connectivity index (χ1v) is 9.70. The second-order valence-corrected chi connectivity index (χ2v) is 8.17. The minimum absolute atomic E-state index is 0.0470. The van der Waals surface area contributed by atoms with E-state index in [1.807, 2.05) is 31.2 Å². The summed E-state index contributed by atoms with van der Waals surface area (Å²) >= 11 is 6.13. The summed E-state index contributed by atoms with van der Waals surface area (Å²) in [6.07, 6.45) is 0. The van der Waals surface area contributed by atoms with Gasteiger partial charge in [0.2, 0.25) is 10.0 Å². The molecule has 0 atom stereocenters. The Kier molecular flexibility index (Phi) is 6.19. The molecule has 0 aliphatic carbocycles. The van der Waals surface area contributed by atoms with Crippen LogP contribution in [0.4, 0.5) is 4.39 Å². The van der Waals surface area contributed by atoms with Crippen LogP contribution in [0, 0.1) is 12.7 Å². The molecule has 23 heavy (non-hydrogen) atoms. The van der Waals surface area contributed by atoms with Crippen molar-refractivity contribution in [3.63, 3.8) is 0 Å². The van der Waals surface area contributed by atoms with E-state index in [0.717, 1.165) is 17.7 Å². The van der Waals surface area contributed by atoms with E-state index in [4.69, 9.17) is 4.74 Å². The number of halogens is 3. The zero-order chi connectivity index (χ0) is 17.0. The van der Waals surface area contributed by atoms with Crippen molar-refractivity contribution in [2.24, 2.45) is 0 Å². The van der Waals surface area contributed by atoms with E-state index in [-0.39, 0.29) is 27.0 Å². The molecule has 0 aliphatic heterocycles. The van der Waals surface area contributed by atoms with Crippen molar-refractivity contribution in [1.29, 1.82) is 0 Å². The van der Waals surface area contributed by atoms with E-state index in [2.05, 4.69) is 36.6 Å². The maximum Gasteiger partial charge on any atom is 0.242 e. The third kappa shape index (κ3) is 5.00. The summed E-state index contributed by atoms with van der Waals surface area (Å²) in [5.41, 5.74) is 1.11. The highest BCUT2D eigenvalue weighted by Crippen LogP contribution is 2.30. The van der Waals surface area contributed by atoms with Crippen molar-refractivity contribution >= 4 is 41.9 Å². The SMILES string of the molecule is Cc1ccc(OCCNS(=O)(=O)c2c(Br)cc(F)cc2Br)cc1.